The third-order valence-electron chi connectivity index (χ3n) is 3.87. The van der Waals surface area contributed by atoms with Gasteiger partial charge in [-0.15, -0.1) is 0 Å². The molecule has 0 aliphatic heterocycles. The van der Waals surface area contributed by atoms with Crippen LogP contribution in [-0.4, -0.2) is 38.3 Å². The number of carbonyl (C=O) groups is 2. The molecule has 7 nitrogen and oxygen atoms in total. The molecule has 8 heteroatoms. The van der Waals surface area contributed by atoms with Gasteiger partial charge in [-0.2, -0.15) is 5.10 Å². The Labute approximate surface area is 175 Å². The molecule has 29 heavy (non-hydrogen) atoms. The summed E-state index contributed by atoms with van der Waals surface area (Å²) in [5.41, 5.74) is 5.05. The molecule has 2 aromatic rings. The van der Waals surface area contributed by atoms with Crippen LogP contribution in [0.4, 0.5) is 0 Å². The van der Waals surface area contributed by atoms with Gasteiger partial charge in [0, 0.05) is 20.3 Å². The number of hydrazone groups is 1. The first-order chi connectivity index (χ1) is 14.0. The van der Waals surface area contributed by atoms with Crippen molar-refractivity contribution in [3.05, 3.63) is 64.2 Å². The summed E-state index contributed by atoms with van der Waals surface area (Å²) in [5.74, 6) is -1.05. The molecule has 0 aliphatic rings. The fourth-order valence-corrected chi connectivity index (χ4v) is 2.52. The van der Waals surface area contributed by atoms with Gasteiger partial charge in [0.1, 0.15) is 12.4 Å². The molecular weight excluding hydrogens is 394 g/mol. The first-order valence-corrected chi connectivity index (χ1v) is 9.45. The molecule has 0 bridgehead atoms. The van der Waals surface area contributed by atoms with Crippen molar-refractivity contribution in [3.63, 3.8) is 0 Å². The SMILES string of the molecule is COCCCNC(=O)C(=O)N/N=C\c1ccc(OCc2ccc(C)cc2)c(Cl)c1. The monoisotopic (exact) mass is 417 g/mol. The Morgan fingerprint density at radius 2 is 1.90 bits per heavy atom. The number of methoxy groups -OCH3 is 1. The Kier molecular flexibility index (Phi) is 9.14. The van der Waals surface area contributed by atoms with E-state index in [1.807, 2.05) is 31.2 Å². The third-order valence-corrected chi connectivity index (χ3v) is 4.16. The van der Waals surface area contributed by atoms with E-state index in [1.54, 1.807) is 25.3 Å². The fourth-order valence-electron chi connectivity index (χ4n) is 2.27. The van der Waals surface area contributed by atoms with Gasteiger partial charge in [-0.25, -0.2) is 5.43 Å². The Morgan fingerprint density at radius 1 is 1.14 bits per heavy atom. The molecular formula is C21H24ClN3O4. The summed E-state index contributed by atoms with van der Waals surface area (Å²) in [4.78, 5) is 23.2. The van der Waals surface area contributed by atoms with Gasteiger partial charge in [0.05, 0.1) is 11.2 Å². The van der Waals surface area contributed by atoms with Crippen molar-refractivity contribution in [1.82, 2.24) is 10.7 Å². The lowest BCUT2D eigenvalue weighted by molar-refractivity contribution is -0.139. The van der Waals surface area contributed by atoms with Gasteiger partial charge in [0.25, 0.3) is 0 Å². The minimum absolute atomic E-state index is 0.351. The van der Waals surface area contributed by atoms with Gasteiger partial charge >= 0.3 is 11.8 Å². The molecule has 0 unspecified atom stereocenters. The van der Waals surface area contributed by atoms with Crippen LogP contribution in [0.25, 0.3) is 0 Å². The molecule has 2 aromatic carbocycles. The van der Waals surface area contributed by atoms with Crippen molar-refractivity contribution >= 4 is 29.6 Å². The molecule has 0 saturated heterocycles. The van der Waals surface area contributed by atoms with Crippen LogP contribution in [0.5, 0.6) is 5.75 Å². The number of aryl methyl sites for hydroxylation is 1. The number of rotatable bonds is 9. The minimum Gasteiger partial charge on any atom is -0.487 e. The van der Waals surface area contributed by atoms with Gasteiger partial charge in [0.15, 0.2) is 0 Å². The van der Waals surface area contributed by atoms with Gasteiger partial charge in [-0.3, -0.25) is 9.59 Å². The molecule has 0 atom stereocenters. The Balaban J connectivity index is 1.82. The summed E-state index contributed by atoms with van der Waals surface area (Å²) in [7, 11) is 1.57. The Hall–Kier alpha value is -2.90. The number of benzene rings is 2. The van der Waals surface area contributed by atoms with Crippen molar-refractivity contribution in [2.45, 2.75) is 20.0 Å². The molecule has 0 aliphatic carbocycles. The van der Waals surface area contributed by atoms with Crippen LogP contribution in [-0.2, 0) is 20.9 Å². The van der Waals surface area contributed by atoms with Crippen molar-refractivity contribution in [2.24, 2.45) is 5.10 Å². The molecule has 0 radical (unpaired) electrons. The number of ether oxygens (including phenoxy) is 2. The van der Waals surface area contributed by atoms with Crippen LogP contribution < -0.4 is 15.5 Å². The second-order valence-corrected chi connectivity index (χ2v) is 6.67. The lowest BCUT2D eigenvalue weighted by Crippen LogP contribution is -2.38. The van der Waals surface area contributed by atoms with E-state index in [0.717, 1.165) is 5.56 Å². The maximum atomic E-state index is 11.6. The molecule has 0 aromatic heterocycles. The third kappa shape index (κ3) is 7.93. The predicted octanol–water partition coefficient (Wildman–Crippen LogP) is 2.83. The van der Waals surface area contributed by atoms with E-state index in [0.29, 0.717) is 42.5 Å². The zero-order valence-electron chi connectivity index (χ0n) is 16.4. The van der Waals surface area contributed by atoms with E-state index in [9.17, 15) is 9.59 Å². The van der Waals surface area contributed by atoms with E-state index < -0.39 is 11.8 Å². The number of hydrogen-bond donors (Lipinski definition) is 2. The van der Waals surface area contributed by atoms with Gasteiger partial charge in [-0.05, 0) is 42.7 Å². The van der Waals surface area contributed by atoms with Crippen LogP contribution in [0, 0.1) is 6.92 Å². The maximum absolute atomic E-state index is 11.6. The van der Waals surface area contributed by atoms with Gasteiger partial charge < -0.3 is 14.8 Å². The van der Waals surface area contributed by atoms with Crippen molar-refractivity contribution in [3.8, 4) is 5.75 Å². The Bertz CT molecular complexity index is 854. The van der Waals surface area contributed by atoms with Crippen molar-refractivity contribution in [1.29, 1.82) is 0 Å². The van der Waals surface area contributed by atoms with Crippen LogP contribution in [0.3, 0.4) is 0 Å². The lowest BCUT2D eigenvalue weighted by atomic mass is 10.2. The summed E-state index contributed by atoms with van der Waals surface area (Å²) >= 11 is 6.25. The second kappa shape index (κ2) is 11.8. The predicted molar refractivity (Wildman–Crippen MR) is 112 cm³/mol. The minimum atomic E-state index is -0.845. The lowest BCUT2D eigenvalue weighted by Gasteiger charge is -2.09. The van der Waals surface area contributed by atoms with E-state index in [2.05, 4.69) is 15.8 Å². The smallest absolute Gasteiger partial charge is 0.329 e. The second-order valence-electron chi connectivity index (χ2n) is 6.27. The fraction of sp³-hybridized carbons (Fsp3) is 0.286. The number of amides is 2. The standard InChI is InChI=1S/C21H24ClN3O4/c1-15-4-6-16(7-5-15)14-29-19-9-8-17(12-18(19)22)13-24-25-21(27)20(26)23-10-3-11-28-2/h4-9,12-13H,3,10-11,14H2,1-2H3,(H,23,26)(H,25,27)/b24-13-. The summed E-state index contributed by atoms with van der Waals surface area (Å²) in [6.07, 6.45) is 2.02. The van der Waals surface area contributed by atoms with E-state index >= 15 is 0 Å². The highest BCUT2D eigenvalue weighted by Crippen LogP contribution is 2.25. The summed E-state index contributed by atoms with van der Waals surface area (Å²) < 4.78 is 10.6. The number of hydrogen-bond acceptors (Lipinski definition) is 5. The number of nitrogens with zero attached hydrogens (tertiary/aromatic N) is 1. The number of carbonyl (C=O) groups excluding carboxylic acids is 2. The summed E-state index contributed by atoms with van der Waals surface area (Å²) in [6.45, 7) is 3.29. The molecule has 2 N–H and O–H groups in total. The zero-order valence-corrected chi connectivity index (χ0v) is 17.2. The van der Waals surface area contributed by atoms with Crippen molar-refractivity contribution < 1.29 is 19.1 Å². The first-order valence-electron chi connectivity index (χ1n) is 9.07. The molecule has 0 fully saturated rings. The quantitative estimate of drug-likeness (QED) is 0.284. The van der Waals surface area contributed by atoms with E-state index in [-0.39, 0.29) is 0 Å². The van der Waals surface area contributed by atoms with Crippen molar-refractivity contribution in [2.75, 3.05) is 20.3 Å². The maximum Gasteiger partial charge on any atom is 0.329 e. The highest BCUT2D eigenvalue weighted by molar-refractivity contribution is 6.35. The zero-order chi connectivity index (χ0) is 21.1. The molecule has 154 valence electrons. The normalized spacial score (nSPS) is 10.7. The highest BCUT2D eigenvalue weighted by atomic mass is 35.5. The average Bonchev–Trinajstić information content (AvgIpc) is 2.71. The van der Waals surface area contributed by atoms with Crippen LogP contribution >= 0.6 is 11.6 Å². The van der Waals surface area contributed by atoms with E-state index in [1.165, 1.54) is 11.8 Å². The molecule has 0 saturated carbocycles. The molecule has 0 spiro atoms. The molecule has 2 amide bonds. The van der Waals surface area contributed by atoms with Gasteiger partial charge in [0.2, 0.25) is 0 Å². The number of halogens is 1. The highest BCUT2D eigenvalue weighted by Gasteiger charge is 2.11. The topological polar surface area (TPSA) is 89.0 Å². The number of nitrogens with one attached hydrogen (secondary N) is 2. The summed E-state index contributed by atoms with van der Waals surface area (Å²) in [5, 5.41) is 6.66. The summed E-state index contributed by atoms with van der Waals surface area (Å²) in [6, 6.07) is 13.2. The molecule has 2 rings (SSSR count). The first kappa shape index (κ1) is 22.4. The van der Waals surface area contributed by atoms with Gasteiger partial charge in [-0.1, -0.05) is 41.4 Å². The van der Waals surface area contributed by atoms with Crippen LogP contribution in [0.1, 0.15) is 23.1 Å². The van der Waals surface area contributed by atoms with Crippen LogP contribution in [0.15, 0.2) is 47.6 Å². The largest absolute Gasteiger partial charge is 0.487 e. The molecule has 0 heterocycles. The van der Waals surface area contributed by atoms with Crippen LogP contribution in [0.2, 0.25) is 5.02 Å². The van der Waals surface area contributed by atoms with E-state index in [4.69, 9.17) is 21.1 Å². The average molecular weight is 418 g/mol. The Morgan fingerprint density at radius 3 is 2.59 bits per heavy atom.